The SMILES string of the molecule is Cc1nc(C(=O)NC2CCC(N(C)C)CC2)ccc1-c1ccc(C[C@H](NC(=O)C2CCC(CN)CC2)C(=O)Nc2ccc3[nH]c(=O)[nH]c3c2)cc1. The second-order valence-corrected chi connectivity index (χ2v) is 14.5. The number of nitrogens with one attached hydrogen (secondary N) is 5. The highest BCUT2D eigenvalue weighted by Crippen LogP contribution is 2.29. The molecule has 0 unspecified atom stereocenters. The first-order valence-electron chi connectivity index (χ1n) is 18.1. The third-order valence-electron chi connectivity index (χ3n) is 10.8. The van der Waals surface area contributed by atoms with Gasteiger partial charge in [-0.15, -0.1) is 0 Å². The molecule has 0 aliphatic heterocycles. The number of benzene rings is 2. The van der Waals surface area contributed by atoms with Crippen LogP contribution >= 0.6 is 0 Å². The fourth-order valence-corrected chi connectivity index (χ4v) is 7.54. The Morgan fingerprint density at radius 3 is 2.27 bits per heavy atom. The summed E-state index contributed by atoms with van der Waals surface area (Å²) in [4.78, 5) is 64.2. The van der Waals surface area contributed by atoms with E-state index in [1.54, 1.807) is 24.3 Å². The second-order valence-electron chi connectivity index (χ2n) is 14.5. The molecule has 51 heavy (non-hydrogen) atoms. The normalized spacial score (nSPS) is 21.3. The fraction of sp³-hybridized carbons (Fsp3) is 0.462. The lowest BCUT2D eigenvalue weighted by molar-refractivity contribution is -0.130. The molecule has 6 rings (SSSR count). The van der Waals surface area contributed by atoms with Crippen molar-refractivity contribution in [3.05, 3.63) is 82.0 Å². The predicted molar refractivity (Wildman–Crippen MR) is 199 cm³/mol. The molecule has 12 heteroatoms. The van der Waals surface area contributed by atoms with E-state index in [-0.39, 0.29) is 41.8 Å². The van der Waals surface area contributed by atoms with Crippen molar-refractivity contribution < 1.29 is 14.4 Å². The summed E-state index contributed by atoms with van der Waals surface area (Å²) in [5, 5.41) is 9.15. The van der Waals surface area contributed by atoms with E-state index in [2.05, 4.69) is 49.9 Å². The summed E-state index contributed by atoms with van der Waals surface area (Å²) in [5.74, 6) is -0.342. The quantitative estimate of drug-likeness (QED) is 0.136. The fourth-order valence-electron chi connectivity index (χ4n) is 7.54. The van der Waals surface area contributed by atoms with E-state index in [1.165, 1.54) is 0 Å². The summed E-state index contributed by atoms with van der Waals surface area (Å²) < 4.78 is 0. The zero-order chi connectivity index (χ0) is 36.1. The van der Waals surface area contributed by atoms with Crippen LogP contribution in [0, 0.1) is 18.8 Å². The van der Waals surface area contributed by atoms with Gasteiger partial charge in [-0.3, -0.25) is 14.4 Å². The number of amides is 3. The Kier molecular flexibility index (Phi) is 11.3. The summed E-state index contributed by atoms with van der Waals surface area (Å²) in [5.41, 5.74) is 11.1. The van der Waals surface area contributed by atoms with Crippen LogP contribution < -0.4 is 27.4 Å². The molecular formula is C39H50N8O4. The van der Waals surface area contributed by atoms with Crippen LogP contribution in [0.15, 0.2) is 59.4 Å². The van der Waals surface area contributed by atoms with E-state index in [4.69, 9.17) is 5.73 Å². The number of carbonyl (C=O) groups is 3. The number of hydrogen-bond donors (Lipinski definition) is 6. The van der Waals surface area contributed by atoms with Gasteiger partial charge in [0.15, 0.2) is 0 Å². The van der Waals surface area contributed by atoms with E-state index >= 15 is 0 Å². The Morgan fingerprint density at radius 2 is 1.61 bits per heavy atom. The van der Waals surface area contributed by atoms with Gasteiger partial charge < -0.3 is 36.6 Å². The molecule has 0 saturated heterocycles. The molecule has 0 spiro atoms. The van der Waals surface area contributed by atoms with Gasteiger partial charge in [-0.1, -0.05) is 30.3 Å². The van der Waals surface area contributed by atoms with Gasteiger partial charge in [0.25, 0.3) is 5.91 Å². The second kappa shape index (κ2) is 16.0. The number of aromatic amines is 2. The van der Waals surface area contributed by atoms with Crippen molar-refractivity contribution in [2.75, 3.05) is 26.0 Å². The van der Waals surface area contributed by atoms with Gasteiger partial charge in [0.2, 0.25) is 11.8 Å². The first-order valence-corrected chi connectivity index (χ1v) is 18.1. The average molecular weight is 695 g/mol. The van der Waals surface area contributed by atoms with Crippen molar-refractivity contribution in [3.8, 4) is 11.1 Å². The Morgan fingerprint density at radius 1 is 0.902 bits per heavy atom. The van der Waals surface area contributed by atoms with Crippen molar-refractivity contribution in [1.82, 2.24) is 30.5 Å². The molecule has 7 N–H and O–H groups in total. The van der Waals surface area contributed by atoms with E-state index in [0.717, 1.165) is 73.8 Å². The largest absolute Gasteiger partial charge is 0.348 e. The average Bonchev–Trinajstić information content (AvgIpc) is 3.51. The number of nitrogens with zero attached hydrogens (tertiary/aromatic N) is 2. The number of H-pyrrole nitrogens is 2. The van der Waals surface area contributed by atoms with E-state index in [1.807, 2.05) is 37.3 Å². The smallest absolute Gasteiger partial charge is 0.323 e. The molecule has 12 nitrogen and oxygen atoms in total. The standard InChI is InChI=1S/C39H50N8O4/c1-23-31(17-19-33(41-23)37(49)42-28-12-15-30(16-13-28)47(2)3)26-8-4-24(5-9-26)20-35(44-36(48)27-10-6-25(22-40)7-11-27)38(50)43-29-14-18-32-34(21-29)46-39(51)45-32/h4-5,8-9,14,17-19,21,25,27-28,30,35H,6-7,10-13,15-16,20,22,40H2,1-3H3,(H,42,49)(H,43,50)(H,44,48)(H2,45,46,51)/t25?,27?,28?,30?,35-/m0/s1. The topological polar surface area (TPSA) is 178 Å². The van der Waals surface area contributed by atoms with E-state index in [0.29, 0.717) is 40.9 Å². The molecule has 2 saturated carbocycles. The van der Waals surface area contributed by atoms with Gasteiger partial charge in [0.1, 0.15) is 11.7 Å². The van der Waals surface area contributed by atoms with Gasteiger partial charge in [-0.05, 0) is 120 Å². The van der Waals surface area contributed by atoms with Gasteiger partial charge in [-0.2, -0.15) is 0 Å². The molecule has 2 aromatic heterocycles. The highest BCUT2D eigenvalue weighted by atomic mass is 16.2. The zero-order valence-corrected chi connectivity index (χ0v) is 29.8. The minimum Gasteiger partial charge on any atom is -0.348 e. The Balaban J connectivity index is 1.13. The van der Waals surface area contributed by atoms with Crippen LogP contribution in [0.4, 0.5) is 5.69 Å². The van der Waals surface area contributed by atoms with Crippen LogP contribution in [0.2, 0.25) is 0 Å². The molecule has 2 aliphatic rings. The number of anilines is 1. The van der Waals surface area contributed by atoms with Gasteiger partial charge in [0.05, 0.1) is 11.0 Å². The molecule has 0 bridgehead atoms. The molecule has 0 radical (unpaired) electrons. The summed E-state index contributed by atoms with van der Waals surface area (Å²) in [7, 11) is 4.22. The number of aromatic nitrogens is 3. The highest BCUT2D eigenvalue weighted by molar-refractivity contribution is 5.99. The third-order valence-corrected chi connectivity index (χ3v) is 10.8. The van der Waals surface area contributed by atoms with Crippen molar-refractivity contribution in [3.63, 3.8) is 0 Å². The molecule has 3 amide bonds. The Bertz CT molecular complexity index is 1900. The molecule has 2 heterocycles. The van der Waals surface area contributed by atoms with Gasteiger partial charge in [0, 0.05) is 41.4 Å². The lowest BCUT2D eigenvalue weighted by Crippen LogP contribution is -2.48. The number of hydrogen-bond acceptors (Lipinski definition) is 7. The molecule has 2 aromatic carbocycles. The Labute approximate surface area is 298 Å². The van der Waals surface area contributed by atoms with Crippen LogP contribution in [-0.2, 0) is 16.0 Å². The maximum atomic E-state index is 13.7. The van der Waals surface area contributed by atoms with Crippen LogP contribution in [0.5, 0.6) is 0 Å². The van der Waals surface area contributed by atoms with E-state index < -0.39 is 6.04 Å². The first-order chi connectivity index (χ1) is 24.6. The lowest BCUT2D eigenvalue weighted by atomic mass is 9.81. The van der Waals surface area contributed by atoms with Crippen LogP contribution in [0.3, 0.4) is 0 Å². The number of aryl methyl sites for hydroxylation is 1. The lowest BCUT2D eigenvalue weighted by Gasteiger charge is -2.32. The molecule has 4 aromatic rings. The first kappa shape index (κ1) is 36.0. The Hall–Kier alpha value is -4.81. The summed E-state index contributed by atoms with van der Waals surface area (Å²) in [6, 6.07) is 16.6. The molecule has 2 aliphatic carbocycles. The zero-order valence-electron chi connectivity index (χ0n) is 29.8. The van der Waals surface area contributed by atoms with Gasteiger partial charge in [-0.25, -0.2) is 9.78 Å². The third kappa shape index (κ3) is 8.92. The molecule has 270 valence electrons. The molecular weight excluding hydrogens is 644 g/mol. The van der Waals surface area contributed by atoms with Crippen molar-refractivity contribution in [1.29, 1.82) is 0 Å². The minimum absolute atomic E-state index is 0.125. The van der Waals surface area contributed by atoms with Crippen LogP contribution in [0.25, 0.3) is 22.2 Å². The maximum absolute atomic E-state index is 13.7. The monoisotopic (exact) mass is 694 g/mol. The van der Waals surface area contributed by atoms with Crippen molar-refractivity contribution in [2.24, 2.45) is 17.6 Å². The summed E-state index contributed by atoms with van der Waals surface area (Å²) >= 11 is 0. The minimum atomic E-state index is -0.823. The van der Waals surface area contributed by atoms with Crippen molar-refractivity contribution in [2.45, 2.75) is 82.8 Å². The number of imidazole rings is 1. The van der Waals surface area contributed by atoms with E-state index in [9.17, 15) is 19.2 Å². The number of pyridine rings is 1. The summed E-state index contributed by atoms with van der Waals surface area (Å²) in [6.45, 7) is 2.53. The summed E-state index contributed by atoms with van der Waals surface area (Å²) in [6.07, 6.45) is 7.66. The number of fused-ring (bicyclic) bond motifs is 1. The highest BCUT2D eigenvalue weighted by Gasteiger charge is 2.30. The molecule has 2 fully saturated rings. The number of rotatable bonds is 11. The molecule has 1 atom stereocenters. The van der Waals surface area contributed by atoms with Crippen molar-refractivity contribution >= 4 is 34.4 Å². The van der Waals surface area contributed by atoms with Crippen LogP contribution in [0.1, 0.15) is 73.1 Å². The van der Waals surface area contributed by atoms with Gasteiger partial charge >= 0.3 is 5.69 Å². The maximum Gasteiger partial charge on any atom is 0.323 e. The number of nitrogens with two attached hydrogens (primary N) is 1. The number of carbonyl (C=O) groups excluding carboxylic acids is 3. The van der Waals surface area contributed by atoms with Crippen LogP contribution in [-0.4, -0.2) is 76.3 Å². The predicted octanol–water partition coefficient (Wildman–Crippen LogP) is 4.26.